The average molecular weight is 226 g/mol. The summed E-state index contributed by atoms with van der Waals surface area (Å²) in [5.41, 5.74) is 0. The van der Waals surface area contributed by atoms with E-state index in [-0.39, 0.29) is 5.92 Å². The van der Waals surface area contributed by atoms with Crippen molar-refractivity contribution in [3.63, 3.8) is 0 Å². The summed E-state index contributed by atoms with van der Waals surface area (Å²) in [6.07, 6.45) is 0.999. The van der Waals surface area contributed by atoms with Crippen molar-refractivity contribution in [1.82, 2.24) is 10.2 Å². The van der Waals surface area contributed by atoms with Gasteiger partial charge in [0.15, 0.2) is 0 Å². The van der Waals surface area contributed by atoms with Crippen molar-refractivity contribution in [1.29, 1.82) is 0 Å². The molecule has 0 radical (unpaired) electrons. The lowest BCUT2D eigenvalue weighted by Gasteiger charge is -2.20. The summed E-state index contributed by atoms with van der Waals surface area (Å²) < 4.78 is 5.20. The van der Waals surface area contributed by atoms with Crippen molar-refractivity contribution in [3.8, 4) is 0 Å². The molecule has 0 aromatic heterocycles. The Labute approximate surface area is 97.3 Å². The molecule has 0 spiro atoms. The third kappa shape index (κ3) is 2.38. The molecule has 2 aliphatic heterocycles. The summed E-state index contributed by atoms with van der Waals surface area (Å²) in [6, 6.07) is 0. The van der Waals surface area contributed by atoms with Crippen LogP contribution in [-0.2, 0) is 9.53 Å². The van der Waals surface area contributed by atoms with Crippen molar-refractivity contribution in [2.24, 2.45) is 17.8 Å². The maximum absolute atomic E-state index is 12.2. The second-order valence-electron chi connectivity index (χ2n) is 5.13. The van der Waals surface area contributed by atoms with Crippen LogP contribution in [0.2, 0.25) is 0 Å². The maximum atomic E-state index is 12.2. The first-order valence-corrected chi connectivity index (χ1v) is 6.20. The average Bonchev–Trinajstić information content (AvgIpc) is 2.88. The Balaban J connectivity index is 1.88. The van der Waals surface area contributed by atoms with Gasteiger partial charge in [-0.25, -0.2) is 0 Å². The minimum atomic E-state index is 0.216. The lowest BCUT2D eigenvalue weighted by atomic mass is 10.00. The highest BCUT2D eigenvalue weighted by atomic mass is 16.5. The van der Waals surface area contributed by atoms with E-state index in [1.165, 1.54) is 0 Å². The molecular weight excluding hydrogens is 204 g/mol. The van der Waals surface area contributed by atoms with Gasteiger partial charge in [0.05, 0.1) is 12.5 Å². The van der Waals surface area contributed by atoms with Crippen molar-refractivity contribution in [2.45, 2.75) is 13.3 Å². The van der Waals surface area contributed by atoms with Crippen LogP contribution in [0.1, 0.15) is 13.3 Å². The molecule has 0 saturated carbocycles. The molecule has 0 aliphatic carbocycles. The van der Waals surface area contributed by atoms with E-state index in [0.29, 0.717) is 17.7 Å². The van der Waals surface area contributed by atoms with Crippen LogP contribution in [0, 0.1) is 17.8 Å². The smallest absolute Gasteiger partial charge is 0.227 e. The Hall–Kier alpha value is -0.610. The van der Waals surface area contributed by atoms with E-state index in [2.05, 4.69) is 12.2 Å². The van der Waals surface area contributed by atoms with E-state index in [1.54, 1.807) is 7.11 Å². The monoisotopic (exact) mass is 226 g/mol. The van der Waals surface area contributed by atoms with Crippen LogP contribution in [0.3, 0.4) is 0 Å². The lowest BCUT2D eigenvalue weighted by molar-refractivity contribution is -0.134. The van der Waals surface area contributed by atoms with E-state index < -0.39 is 0 Å². The van der Waals surface area contributed by atoms with E-state index in [9.17, 15) is 4.79 Å². The fourth-order valence-corrected chi connectivity index (χ4v) is 2.77. The zero-order valence-electron chi connectivity index (χ0n) is 10.2. The second-order valence-corrected chi connectivity index (χ2v) is 5.13. The second kappa shape index (κ2) is 5.15. The van der Waals surface area contributed by atoms with Gasteiger partial charge >= 0.3 is 0 Å². The highest BCUT2D eigenvalue weighted by Crippen LogP contribution is 2.25. The van der Waals surface area contributed by atoms with E-state index >= 15 is 0 Å². The Morgan fingerprint density at radius 1 is 1.50 bits per heavy atom. The largest absolute Gasteiger partial charge is 0.384 e. The van der Waals surface area contributed by atoms with Gasteiger partial charge in [0.25, 0.3) is 0 Å². The quantitative estimate of drug-likeness (QED) is 0.754. The summed E-state index contributed by atoms with van der Waals surface area (Å²) in [4.78, 5) is 14.2. The summed E-state index contributed by atoms with van der Waals surface area (Å²) in [7, 11) is 1.73. The molecule has 1 amide bonds. The third-order valence-corrected chi connectivity index (χ3v) is 3.87. The highest BCUT2D eigenvalue weighted by molar-refractivity contribution is 5.79. The molecule has 2 rings (SSSR count). The van der Waals surface area contributed by atoms with Gasteiger partial charge in [-0.2, -0.15) is 0 Å². The van der Waals surface area contributed by atoms with Crippen LogP contribution in [0.15, 0.2) is 0 Å². The number of rotatable bonds is 3. The third-order valence-electron chi connectivity index (χ3n) is 3.87. The van der Waals surface area contributed by atoms with E-state index in [0.717, 1.165) is 39.2 Å². The minimum Gasteiger partial charge on any atom is -0.384 e. The minimum absolute atomic E-state index is 0.216. The van der Waals surface area contributed by atoms with Crippen LogP contribution < -0.4 is 5.32 Å². The Kier molecular flexibility index (Phi) is 3.82. The van der Waals surface area contributed by atoms with Crippen molar-refractivity contribution < 1.29 is 9.53 Å². The number of amides is 1. The van der Waals surface area contributed by atoms with Gasteiger partial charge in [0.2, 0.25) is 5.91 Å². The Morgan fingerprint density at radius 3 is 2.94 bits per heavy atom. The molecule has 0 aromatic rings. The number of ether oxygens (including phenoxy) is 1. The first-order valence-electron chi connectivity index (χ1n) is 6.20. The Bertz CT molecular complexity index is 251. The fraction of sp³-hybridized carbons (Fsp3) is 0.917. The number of hydrogen-bond donors (Lipinski definition) is 1. The normalized spacial score (nSPS) is 34.6. The lowest BCUT2D eigenvalue weighted by Crippen LogP contribution is -2.35. The van der Waals surface area contributed by atoms with Crippen LogP contribution in [0.4, 0.5) is 0 Å². The zero-order valence-corrected chi connectivity index (χ0v) is 10.2. The summed E-state index contributed by atoms with van der Waals surface area (Å²) in [6.45, 7) is 6.62. The van der Waals surface area contributed by atoms with Gasteiger partial charge in [-0.3, -0.25) is 4.79 Å². The predicted octanol–water partition coefficient (Wildman–Crippen LogP) is 0.337. The molecule has 2 aliphatic rings. The maximum Gasteiger partial charge on any atom is 0.227 e. The molecule has 2 fully saturated rings. The molecule has 0 bridgehead atoms. The molecule has 16 heavy (non-hydrogen) atoms. The van der Waals surface area contributed by atoms with Gasteiger partial charge in [0.1, 0.15) is 0 Å². The first kappa shape index (κ1) is 11.9. The molecule has 0 unspecified atom stereocenters. The van der Waals surface area contributed by atoms with Crippen LogP contribution in [-0.4, -0.2) is 50.7 Å². The number of carbonyl (C=O) groups is 1. The number of methoxy groups -OCH3 is 1. The number of nitrogens with zero attached hydrogens (tertiary/aromatic N) is 1. The highest BCUT2D eigenvalue weighted by Gasteiger charge is 2.35. The van der Waals surface area contributed by atoms with E-state index in [1.807, 2.05) is 4.90 Å². The topological polar surface area (TPSA) is 41.6 Å². The van der Waals surface area contributed by atoms with Crippen LogP contribution in [0.25, 0.3) is 0 Å². The molecule has 92 valence electrons. The fourth-order valence-electron chi connectivity index (χ4n) is 2.77. The predicted molar refractivity (Wildman–Crippen MR) is 62.1 cm³/mol. The van der Waals surface area contributed by atoms with Gasteiger partial charge in [-0.15, -0.1) is 0 Å². The molecule has 4 nitrogen and oxygen atoms in total. The van der Waals surface area contributed by atoms with Gasteiger partial charge in [-0.05, 0) is 18.9 Å². The summed E-state index contributed by atoms with van der Waals surface area (Å²) >= 11 is 0. The molecule has 4 heteroatoms. The van der Waals surface area contributed by atoms with Gasteiger partial charge in [0, 0.05) is 32.7 Å². The first-order chi connectivity index (χ1) is 7.72. The van der Waals surface area contributed by atoms with Crippen LogP contribution in [0.5, 0.6) is 0 Å². The molecule has 0 aromatic carbocycles. The molecule has 2 heterocycles. The standard InChI is InChI=1S/C12H22N2O2/c1-9-6-14(7-11(9)8-16-2)12(15)10-3-4-13-5-10/h9-11,13H,3-8H2,1-2H3/t9-,10-,11-/m0/s1. The van der Waals surface area contributed by atoms with E-state index in [4.69, 9.17) is 4.74 Å². The number of hydrogen-bond acceptors (Lipinski definition) is 3. The van der Waals surface area contributed by atoms with Crippen LogP contribution >= 0.6 is 0 Å². The number of carbonyl (C=O) groups excluding carboxylic acids is 1. The van der Waals surface area contributed by atoms with Gasteiger partial charge < -0.3 is 15.0 Å². The van der Waals surface area contributed by atoms with Crippen molar-refractivity contribution in [2.75, 3.05) is 39.9 Å². The summed E-state index contributed by atoms with van der Waals surface area (Å²) in [5.74, 6) is 1.64. The molecule has 2 saturated heterocycles. The SMILES string of the molecule is COC[C@@H]1CN(C(=O)[C@H]2CCNC2)C[C@@H]1C. The number of nitrogens with one attached hydrogen (secondary N) is 1. The van der Waals surface area contributed by atoms with Crippen molar-refractivity contribution >= 4 is 5.91 Å². The van der Waals surface area contributed by atoms with Gasteiger partial charge in [-0.1, -0.05) is 6.92 Å². The molecule has 1 N–H and O–H groups in total. The number of likely N-dealkylation sites (tertiary alicyclic amines) is 1. The molecular formula is C12H22N2O2. The Morgan fingerprint density at radius 2 is 2.31 bits per heavy atom. The molecule has 3 atom stereocenters. The zero-order chi connectivity index (χ0) is 11.5. The van der Waals surface area contributed by atoms with Crippen molar-refractivity contribution in [3.05, 3.63) is 0 Å². The summed E-state index contributed by atoms with van der Waals surface area (Å²) in [5, 5.41) is 3.25.